The first-order valence-electron chi connectivity index (χ1n) is 6.59. The van der Waals surface area contributed by atoms with Crippen LogP contribution in [0.5, 0.6) is 0 Å². The van der Waals surface area contributed by atoms with Gasteiger partial charge in [0.1, 0.15) is 0 Å². The molecule has 1 fully saturated rings. The van der Waals surface area contributed by atoms with Gasteiger partial charge in [-0.2, -0.15) is 0 Å². The van der Waals surface area contributed by atoms with E-state index in [4.69, 9.17) is 15.2 Å². The van der Waals surface area contributed by atoms with Crippen LogP contribution < -0.4 is 5.73 Å². The molecule has 0 aromatic rings. The molecular formula is C14H29NO2. The number of hydrogen-bond acceptors (Lipinski definition) is 3. The van der Waals surface area contributed by atoms with Crippen molar-refractivity contribution in [1.82, 2.24) is 0 Å². The summed E-state index contributed by atoms with van der Waals surface area (Å²) in [7, 11) is 1.71. The Morgan fingerprint density at radius 3 is 2.29 bits per heavy atom. The summed E-state index contributed by atoms with van der Waals surface area (Å²) in [6.07, 6.45) is 1.26. The summed E-state index contributed by atoms with van der Waals surface area (Å²) in [6.45, 7) is 12.6. The zero-order valence-corrected chi connectivity index (χ0v) is 12.2. The predicted octanol–water partition coefficient (Wildman–Crippen LogP) is 2.44. The topological polar surface area (TPSA) is 44.5 Å². The molecule has 3 heteroatoms. The average molecular weight is 243 g/mol. The Bertz CT molecular complexity index is 251. The highest BCUT2D eigenvalue weighted by Crippen LogP contribution is 2.50. The van der Waals surface area contributed by atoms with Crippen LogP contribution >= 0.6 is 0 Å². The van der Waals surface area contributed by atoms with Crippen LogP contribution in [0.2, 0.25) is 0 Å². The van der Waals surface area contributed by atoms with E-state index in [1.165, 1.54) is 0 Å². The highest BCUT2D eigenvalue weighted by atomic mass is 16.5. The normalized spacial score (nSPS) is 35.8. The molecule has 2 unspecified atom stereocenters. The quantitative estimate of drug-likeness (QED) is 0.771. The molecule has 0 aliphatic heterocycles. The van der Waals surface area contributed by atoms with Gasteiger partial charge in [0.2, 0.25) is 0 Å². The van der Waals surface area contributed by atoms with E-state index in [2.05, 4.69) is 34.6 Å². The van der Waals surface area contributed by atoms with Gasteiger partial charge in [-0.05, 0) is 23.2 Å². The van der Waals surface area contributed by atoms with E-state index >= 15 is 0 Å². The van der Waals surface area contributed by atoms with E-state index < -0.39 is 0 Å². The molecule has 0 saturated heterocycles. The van der Waals surface area contributed by atoms with Crippen LogP contribution in [0.15, 0.2) is 0 Å². The number of ether oxygens (including phenoxy) is 2. The molecule has 2 N–H and O–H groups in total. The van der Waals surface area contributed by atoms with E-state index in [1.54, 1.807) is 7.11 Å². The van der Waals surface area contributed by atoms with Crippen LogP contribution in [0.25, 0.3) is 0 Å². The Morgan fingerprint density at radius 1 is 1.18 bits per heavy atom. The fourth-order valence-corrected chi connectivity index (χ4v) is 3.38. The molecule has 0 bridgehead atoms. The summed E-state index contributed by atoms with van der Waals surface area (Å²) in [4.78, 5) is 0. The Kier molecular flexibility index (Phi) is 4.61. The van der Waals surface area contributed by atoms with Crippen molar-refractivity contribution in [1.29, 1.82) is 0 Å². The second-order valence-corrected chi connectivity index (χ2v) is 6.71. The van der Waals surface area contributed by atoms with Crippen molar-refractivity contribution in [3.63, 3.8) is 0 Å². The molecule has 1 saturated carbocycles. The van der Waals surface area contributed by atoms with Crippen LogP contribution in [0.4, 0.5) is 0 Å². The van der Waals surface area contributed by atoms with E-state index in [1.807, 2.05) is 0 Å². The minimum atomic E-state index is 0.106. The van der Waals surface area contributed by atoms with Crippen LogP contribution in [-0.2, 0) is 9.47 Å². The largest absolute Gasteiger partial charge is 0.382 e. The molecule has 1 rings (SSSR count). The molecule has 17 heavy (non-hydrogen) atoms. The van der Waals surface area contributed by atoms with Gasteiger partial charge >= 0.3 is 0 Å². The fourth-order valence-electron chi connectivity index (χ4n) is 3.38. The molecular weight excluding hydrogens is 214 g/mol. The van der Waals surface area contributed by atoms with Crippen LogP contribution in [0.3, 0.4) is 0 Å². The molecule has 0 amide bonds. The van der Waals surface area contributed by atoms with Gasteiger partial charge in [0.25, 0.3) is 0 Å². The first kappa shape index (κ1) is 14.9. The van der Waals surface area contributed by atoms with E-state index in [0.29, 0.717) is 19.1 Å². The van der Waals surface area contributed by atoms with Gasteiger partial charge in [0, 0.05) is 13.2 Å². The van der Waals surface area contributed by atoms with Gasteiger partial charge in [-0.25, -0.2) is 0 Å². The van der Waals surface area contributed by atoms with E-state index in [-0.39, 0.29) is 23.0 Å². The monoisotopic (exact) mass is 243 g/mol. The minimum Gasteiger partial charge on any atom is -0.382 e. The lowest BCUT2D eigenvalue weighted by atomic mass is 9.56. The van der Waals surface area contributed by atoms with Gasteiger partial charge in [-0.3, -0.25) is 0 Å². The third-order valence-electron chi connectivity index (χ3n) is 4.54. The maximum absolute atomic E-state index is 6.27. The Balaban J connectivity index is 2.81. The maximum Gasteiger partial charge on any atom is 0.0704 e. The SMILES string of the molecule is COCCOC1C(C)(C)C[C@@H](N)C(C)C1(C)C. The Morgan fingerprint density at radius 2 is 1.76 bits per heavy atom. The Hall–Kier alpha value is -0.120. The average Bonchev–Trinajstić information content (AvgIpc) is 2.20. The third-order valence-corrected chi connectivity index (χ3v) is 4.54. The number of nitrogens with two attached hydrogens (primary N) is 1. The summed E-state index contributed by atoms with van der Waals surface area (Å²) in [5.74, 6) is 0.475. The maximum atomic E-state index is 6.27. The van der Waals surface area contributed by atoms with Crippen LogP contribution in [0, 0.1) is 16.7 Å². The van der Waals surface area contributed by atoms with Crippen molar-refractivity contribution in [2.24, 2.45) is 22.5 Å². The van der Waals surface area contributed by atoms with Crippen molar-refractivity contribution >= 4 is 0 Å². The number of methoxy groups -OCH3 is 1. The van der Waals surface area contributed by atoms with Crippen LogP contribution in [0.1, 0.15) is 41.0 Å². The molecule has 102 valence electrons. The summed E-state index contributed by atoms with van der Waals surface area (Å²) in [5, 5.41) is 0. The summed E-state index contributed by atoms with van der Waals surface area (Å²) < 4.78 is 11.2. The fraction of sp³-hybridized carbons (Fsp3) is 1.00. The highest BCUT2D eigenvalue weighted by Gasteiger charge is 2.51. The molecule has 3 atom stereocenters. The zero-order chi connectivity index (χ0) is 13.3. The highest BCUT2D eigenvalue weighted by molar-refractivity contribution is 5.02. The second-order valence-electron chi connectivity index (χ2n) is 6.71. The third kappa shape index (κ3) is 3.01. The van der Waals surface area contributed by atoms with Gasteiger partial charge in [0.15, 0.2) is 0 Å². The Labute approximate surface area is 106 Å². The van der Waals surface area contributed by atoms with Crippen molar-refractivity contribution < 1.29 is 9.47 Å². The molecule has 0 aromatic carbocycles. The smallest absolute Gasteiger partial charge is 0.0704 e. The van der Waals surface area contributed by atoms with Crippen molar-refractivity contribution in [2.75, 3.05) is 20.3 Å². The van der Waals surface area contributed by atoms with Crippen molar-refractivity contribution in [3.8, 4) is 0 Å². The van der Waals surface area contributed by atoms with Crippen LogP contribution in [-0.4, -0.2) is 32.5 Å². The molecule has 1 aliphatic rings. The van der Waals surface area contributed by atoms with Crippen molar-refractivity contribution in [3.05, 3.63) is 0 Å². The van der Waals surface area contributed by atoms with Gasteiger partial charge in [0.05, 0.1) is 19.3 Å². The number of hydrogen-bond donors (Lipinski definition) is 1. The van der Waals surface area contributed by atoms with Gasteiger partial charge in [-0.15, -0.1) is 0 Å². The molecule has 0 heterocycles. The lowest BCUT2D eigenvalue weighted by Gasteiger charge is -2.54. The molecule has 0 aromatic heterocycles. The zero-order valence-electron chi connectivity index (χ0n) is 12.2. The lowest BCUT2D eigenvalue weighted by Crippen LogP contribution is -2.58. The van der Waals surface area contributed by atoms with E-state index in [0.717, 1.165) is 6.42 Å². The molecule has 3 nitrogen and oxygen atoms in total. The van der Waals surface area contributed by atoms with Crippen molar-refractivity contribution in [2.45, 2.75) is 53.2 Å². The van der Waals surface area contributed by atoms with Gasteiger partial charge in [-0.1, -0.05) is 34.6 Å². The predicted molar refractivity (Wildman–Crippen MR) is 70.9 cm³/mol. The minimum absolute atomic E-state index is 0.106. The first-order valence-corrected chi connectivity index (χ1v) is 6.59. The van der Waals surface area contributed by atoms with Gasteiger partial charge < -0.3 is 15.2 Å². The summed E-state index contributed by atoms with van der Waals surface area (Å²) in [6, 6.07) is 0.266. The molecule has 1 aliphatic carbocycles. The standard InChI is InChI=1S/C14H29NO2/c1-10-11(15)9-13(2,3)12(14(10,4)5)17-8-7-16-6/h10-12H,7-9,15H2,1-6H3/t10?,11-,12?/m1/s1. The second kappa shape index (κ2) is 5.25. The first-order chi connectivity index (χ1) is 7.73. The lowest BCUT2D eigenvalue weighted by molar-refractivity contribution is -0.153. The molecule has 0 radical (unpaired) electrons. The van der Waals surface area contributed by atoms with E-state index in [9.17, 15) is 0 Å². The molecule has 0 spiro atoms. The summed E-state index contributed by atoms with van der Waals surface area (Å²) >= 11 is 0. The summed E-state index contributed by atoms with van der Waals surface area (Å²) in [5.41, 5.74) is 6.50. The number of rotatable bonds is 4.